The van der Waals surface area contributed by atoms with Gasteiger partial charge in [0, 0.05) is 0 Å². The molecule has 0 aromatic rings. The fraction of sp³-hybridized carbons (Fsp3) is 1.00. The number of aliphatic hydroxyl groups excluding tert-OH is 2. The van der Waals surface area contributed by atoms with Crippen molar-refractivity contribution >= 4 is 10.4 Å². The maximum absolute atomic E-state index is 10.5. The fourth-order valence-electron chi connectivity index (χ4n) is 1.69. The van der Waals surface area contributed by atoms with Crippen molar-refractivity contribution in [2.45, 2.75) is 30.7 Å². The van der Waals surface area contributed by atoms with Gasteiger partial charge in [-0.2, -0.15) is 8.42 Å². The molecule has 8 nitrogen and oxygen atoms in total. The van der Waals surface area contributed by atoms with Crippen molar-refractivity contribution in [2.75, 3.05) is 6.61 Å². The molecule has 0 radical (unpaired) electrons. The van der Waals surface area contributed by atoms with Gasteiger partial charge in [0.2, 0.25) is 0 Å². The van der Waals surface area contributed by atoms with Crippen molar-refractivity contribution in [1.29, 1.82) is 0 Å². The molecule has 0 amide bonds. The van der Waals surface area contributed by atoms with Gasteiger partial charge in [0.15, 0.2) is 12.4 Å². The van der Waals surface area contributed by atoms with Crippen molar-refractivity contribution in [1.82, 2.24) is 0 Å². The molecule has 3 N–H and O–H groups in total. The Morgan fingerprint density at radius 2 is 2.00 bits per heavy atom. The zero-order valence-corrected chi connectivity index (χ0v) is 8.20. The molecule has 9 heteroatoms. The molecule has 2 aliphatic heterocycles. The van der Waals surface area contributed by atoms with Crippen molar-refractivity contribution in [3.8, 4) is 0 Å². The highest BCUT2D eigenvalue weighted by Gasteiger charge is 2.52. The first-order chi connectivity index (χ1) is 6.88. The first-order valence-electron chi connectivity index (χ1n) is 4.17. The van der Waals surface area contributed by atoms with E-state index in [0.717, 1.165) is 0 Å². The van der Waals surface area contributed by atoms with Gasteiger partial charge in [0.05, 0.1) is 6.61 Å². The minimum atomic E-state index is -4.74. The summed E-state index contributed by atoms with van der Waals surface area (Å²) < 4.78 is 43.3. The van der Waals surface area contributed by atoms with Crippen molar-refractivity contribution in [2.24, 2.45) is 0 Å². The Hall–Kier alpha value is -0.290. The number of hydrogen-bond acceptors (Lipinski definition) is 7. The number of fused-ring (bicyclic) bond motifs is 2. The number of rotatable bonds is 2. The standard InChI is InChI=1S/C6H10O8S/c7-3-2-1-12-4(3)5(6(8)13-2)14-15(9,10)11/h2-8H,1H2,(H,9,10,11)/t2-,3+,4-,5+,6+/m1/s1. The van der Waals surface area contributed by atoms with Crippen molar-refractivity contribution in [3.63, 3.8) is 0 Å². The van der Waals surface area contributed by atoms with Gasteiger partial charge in [-0.15, -0.1) is 0 Å². The second kappa shape index (κ2) is 3.63. The predicted octanol–water partition coefficient (Wildman–Crippen LogP) is -2.35. The Morgan fingerprint density at radius 3 is 2.60 bits per heavy atom. The minimum absolute atomic E-state index is 0.0359. The van der Waals surface area contributed by atoms with E-state index in [-0.39, 0.29) is 6.61 Å². The molecular weight excluding hydrogens is 232 g/mol. The molecule has 2 aliphatic rings. The third kappa shape index (κ3) is 2.13. The summed E-state index contributed by atoms with van der Waals surface area (Å²) in [5.41, 5.74) is 0. The summed E-state index contributed by atoms with van der Waals surface area (Å²) in [4.78, 5) is 0. The first-order valence-corrected chi connectivity index (χ1v) is 5.54. The molecule has 0 aliphatic carbocycles. The summed E-state index contributed by atoms with van der Waals surface area (Å²) in [7, 11) is -4.74. The molecule has 0 aromatic carbocycles. The van der Waals surface area contributed by atoms with Gasteiger partial charge in [0.1, 0.15) is 18.3 Å². The SMILES string of the molecule is O=S(=O)(O)O[C@H]1[C@@H]2OC[C@@H](O[C@@H]1O)[C@@H]2O. The van der Waals surface area contributed by atoms with E-state index in [4.69, 9.17) is 14.0 Å². The second-order valence-electron chi connectivity index (χ2n) is 3.34. The third-order valence-corrected chi connectivity index (χ3v) is 2.79. The van der Waals surface area contributed by atoms with Crippen LogP contribution < -0.4 is 0 Å². The molecule has 2 heterocycles. The monoisotopic (exact) mass is 242 g/mol. The van der Waals surface area contributed by atoms with Crippen LogP contribution in [-0.2, 0) is 24.1 Å². The highest BCUT2D eigenvalue weighted by atomic mass is 32.3. The van der Waals surface area contributed by atoms with Crippen LogP contribution in [0.3, 0.4) is 0 Å². The van der Waals surface area contributed by atoms with Crippen LogP contribution in [-0.4, -0.2) is 60.5 Å². The fourth-order valence-corrected chi connectivity index (χ4v) is 2.17. The molecule has 0 spiro atoms. The average molecular weight is 242 g/mol. The Bertz CT molecular complexity index is 339. The van der Waals surface area contributed by atoms with Crippen molar-refractivity contribution < 1.29 is 36.8 Å². The molecule has 2 rings (SSSR count). The summed E-state index contributed by atoms with van der Waals surface area (Å²) in [5.74, 6) is 0. The average Bonchev–Trinajstić information content (AvgIpc) is 2.33. The van der Waals surface area contributed by atoms with Crippen LogP contribution in [0.1, 0.15) is 0 Å². The van der Waals surface area contributed by atoms with Crippen LogP contribution in [0.2, 0.25) is 0 Å². The van der Waals surface area contributed by atoms with Crippen LogP contribution >= 0.6 is 0 Å². The van der Waals surface area contributed by atoms with E-state index >= 15 is 0 Å². The van der Waals surface area contributed by atoms with Crippen molar-refractivity contribution in [3.05, 3.63) is 0 Å². The van der Waals surface area contributed by atoms with E-state index in [1.807, 2.05) is 0 Å². The number of aliphatic hydroxyl groups is 2. The van der Waals surface area contributed by atoms with E-state index < -0.39 is 41.1 Å². The molecular formula is C6H10O8S. The lowest BCUT2D eigenvalue weighted by Gasteiger charge is -2.33. The molecule has 2 saturated heterocycles. The van der Waals surface area contributed by atoms with Gasteiger partial charge in [-0.3, -0.25) is 4.55 Å². The van der Waals surface area contributed by atoms with Gasteiger partial charge < -0.3 is 19.7 Å². The number of ether oxygens (including phenoxy) is 2. The second-order valence-corrected chi connectivity index (χ2v) is 4.39. The topological polar surface area (TPSA) is 123 Å². The zero-order chi connectivity index (χ0) is 11.2. The molecule has 88 valence electrons. The summed E-state index contributed by atoms with van der Waals surface area (Å²) in [6, 6.07) is 0. The summed E-state index contributed by atoms with van der Waals surface area (Å²) in [6.07, 6.45) is -5.84. The minimum Gasteiger partial charge on any atom is -0.387 e. The Labute approximate surface area is 85.3 Å². The molecule has 0 aromatic heterocycles. The Kier molecular flexibility index (Phi) is 2.71. The molecule has 0 unspecified atom stereocenters. The third-order valence-electron chi connectivity index (χ3n) is 2.32. The highest BCUT2D eigenvalue weighted by Crippen LogP contribution is 2.31. The summed E-state index contributed by atoms with van der Waals surface area (Å²) in [5, 5.41) is 18.8. The van der Waals surface area contributed by atoms with Crippen LogP contribution in [0, 0.1) is 0 Å². The lowest BCUT2D eigenvalue weighted by molar-refractivity contribution is -0.235. The quantitative estimate of drug-likeness (QED) is 0.460. The van der Waals surface area contributed by atoms with Gasteiger partial charge in [0.25, 0.3) is 0 Å². The molecule has 2 bridgehead atoms. The molecule has 0 saturated carbocycles. The maximum atomic E-state index is 10.5. The first kappa shape index (κ1) is 11.2. The Morgan fingerprint density at radius 1 is 1.33 bits per heavy atom. The van der Waals surface area contributed by atoms with E-state index in [0.29, 0.717) is 0 Å². The molecule has 15 heavy (non-hydrogen) atoms. The molecule has 2 fully saturated rings. The zero-order valence-electron chi connectivity index (χ0n) is 7.38. The Balaban J connectivity index is 2.16. The summed E-state index contributed by atoms with van der Waals surface area (Å²) in [6.45, 7) is 0.0359. The van der Waals surface area contributed by atoms with Gasteiger partial charge in [-0.1, -0.05) is 0 Å². The van der Waals surface area contributed by atoms with Crippen LogP contribution in [0.15, 0.2) is 0 Å². The van der Waals surface area contributed by atoms with Gasteiger partial charge in [-0.25, -0.2) is 4.18 Å². The smallest absolute Gasteiger partial charge is 0.387 e. The lowest BCUT2D eigenvalue weighted by Crippen LogP contribution is -2.54. The number of hydrogen-bond donors (Lipinski definition) is 3. The van der Waals surface area contributed by atoms with E-state index in [2.05, 4.69) is 4.18 Å². The van der Waals surface area contributed by atoms with Gasteiger partial charge in [-0.05, 0) is 0 Å². The van der Waals surface area contributed by atoms with E-state index in [1.165, 1.54) is 0 Å². The lowest BCUT2D eigenvalue weighted by atomic mass is 10.0. The van der Waals surface area contributed by atoms with Gasteiger partial charge >= 0.3 is 10.4 Å². The molecule has 5 atom stereocenters. The van der Waals surface area contributed by atoms with Crippen LogP contribution in [0.25, 0.3) is 0 Å². The highest BCUT2D eigenvalue weighted by molar-refractivity contribution is 7.80. The largest absolute Gasteiger partial charge is 0.397 e. The van der Waals surface area contributed by atoms with E-state index in [1.54, 1.807) is 0 Å². The predicted molar refractivity (Wildman–Crippen MR) is 43.0 cm³/mol. The summed E-state index contributed by atoms with van der Waals surface area (Å²) >= 11 is 0. The van der Waals surface area contributed by atoms with E-state index in [9.17, 15) is 18.6 Å². The van der Waals surface area contributed by atoms with Crippen LogP contribution in [0.4, 0.5) is 0 Å². The normalized spacial score (nSPS) is 45.7. The maximum Gasteiger partial charge on any atom is 0.397 e. The van der Waals surface area contributed by atoms with Crippen LogP contribution in [0.5, 0.6) is 0 Å².